The highest BCUT2D eigenvalue weighted by Crippen LogP contribution is 2.12. The van der Waals surface area contributed by atoms with Gasteiger partial charge in [-0.1, -0.05) is 11.6 Å². The highest BCUT2D eigenvalue weighted by molar-refractivity contribution is 6.29. The first kappa shape index (κ1) is 13.8. The van der Waals surface area contributed by atoms with Crippen LogP contribution in [0.15, 0.2) is 18.3 Å². The molecule has 0 unspecified atom stereocenters. The Kier molecular flexibility index (Phi) is 4.37. The summed E-state index contributed by atoms with van der Waals surface area (Å²) in [5, 5.41) is 3.32. The van der Waals surface area contributed by atoms with Gasteiger partial charge in [-0.25, -0.2) is 4.98 Å². The number of nitrogens with zero attached hydrogens (tertiary/aromatic N) is 2. The van der Waals surface area contributed by atoms with Crippen LogP contribution in [0.1, 0.15) is 30.1 Å². The maximum atomic E-state index is 12.0. The van der Waals surface area contributed by atoms with Gasteiger partial charge < -0.3 is 10.2 Å². The van der Waals surface area contributed by atoms with Crippen LogP contribution in [0.25, 0.3) is 0 Å². The van der Waals surface area contributed by atoms with Crippen molar-refractivity contribution in [3.8, 4) is 0 Å². The Bertz CT molecular complexity index is 467. The number of pyridine rings is 1. The molecule has 0 aliphatic carbocycles. The molecule has 6 heteroatoms. The summed E-state index contributed by atoms with van der Waals surface area (Å²) in [7, 11) is 0. The summed E-state index contributed by atoms with van der Waals surface area (Å²) in [6.45, 7) is 2.95. The third-order valence-corrected chi connectivity index (χ3v) is 3.49. The van der Waals surface area contributed by atoms with E-state index in [0.717, 1.165) is 12.8 Å². The number of piperidine rings is 1. The van der Waals surface area contributed by atoms with Crippen LogP contribution in [0.4, 0.5) is 0 Å². The zero-order valence-electron chi connectivity index (χ0n) is 10.7. The molecule has 2 heterocycles. The standard InChI is InChI=1S/C13H16ClN3O2/c1-9(18)17-6-4-11(5-7-17)16-13(19)10-2-3-12(14)15-8-10/h2-3,8,11H,4-7H2,1H3,(H,16,19). The molecule has 102 valence electrons. The van der Waals surface area contributed by atoms with E-state index in [1.54, 1.807) is 24.0 Å². The molecule has 0 spiro atoms. The molecule has 1 N–H and O–H groups in total. The quantitative estimate of drug-likeness (QED) is 0.835. The molecule has 2 amide bonds. The molecule has 0 radical (unpaired) electrons. The number of amides is 2. The average molecular weight is 282 g/mol. The van der Waals surface area contributed by atoms with E-state index >= 15 is 0 Å². The number of nitrogens with one attached hydrogen (secondary N) is 1. The van der Waals surface area contributed by atoms with E-state index in [1.807, 2.05) is 0 Å². The molecular weight excluding hydrogens is 266 g/mol. The van der Waals surface area contributed by atoms with Gasteiger partial charge in [0, 0.05) is 32.3 Å². The van der Waals surface area contributed by atoms with E-state index in [9.17, 15) is 9.59 Å². The van der Waals surface area contributed by atoms with Crippen molar-refractivity contribution in [3.63, 3.8) is 0 Å². The Hall–Kier alpha value is -1.62. The second kappa shape index (κ2) is 6.02. The first-order valence-electron chi connectivity index (χ1n) is 6.24. The molecule has 0 saturated carbocycles. The molecule has 0 atom stereocenters. The van der Waals surface area contributed by atoms with E-state index in [1.165, 1.54) is 6.20 Å². The van der Waals surface area contributed by atoms with E-state index in [2.05, 4.69) is 10.3 Å². The monoisotopic (exact) mass is 281 g/mol. The Morgan fingerprint density at radius 1 is 1.37 bits per heavy atom. The fourth-order valence-electron chi connectivity index (χ4n) is 2.12. The molecule has 1 aromatic rings. The lowest BCUT2D eigenvalue weighted by molar-refractivity contribution is -0.129. The molecule has 1 saturated heterocycles. The van der Waals surface area contributed by atoms with Crippen LogP contribution in [0, 0.1) is 0 Å². The van der Waals surface area contributed by atoms with Gasteiger partial charge in [0.2, 0.25) is 5.91 Å². The topological polar surface area (TPSA) is 62.3 Å². The minimum atomic E-state index is -0.148. The van der Waals surface area contributed by atoms with Gasteiger partial charge in [-0.05, 0) is 25.0 Å². The van der Waals surface area contributed by atoms with Crippen molar-refractivity contribution in [2.24, 2.45) is 0 Å². The highest BCUT2D eigenvalue weighted by atomic mass is 35.5. The SMILES string of the molecule is CC(=O)N1CCC(NC(=O)c2ccc(Cl)nc2)CC1. The minimum absolute atomic E-state index is 0.0895. The Labute approximate surface area is 117 Å². The van der Waals surface area contributed by atoms with Crippen LogP contribution >= 0.6 is 11.6 Å². The molecule has 1 aliphatic heterocycles. The molecule has 1 aromatic heterocycles. The second-order valence-electron chi connectivity index (χ2n) is 4.62. The van der Waals surface area contributed by atoms with Crippen molar-refractivity contribution in [3.05, 3.63) is 29.0 Å². The van der Waals surface area contributed by atoms with Gasteiger partial charge in [-0.3, -0.25) is 9.59 Å². The number of aromatic nitrogens is 1. The number of hydrogen-bond donors (Lipinski definition) is 1. The summed E-state index contributed by atoms with van der Waals surface area (Å²) in [4.78, 5) is 28.8. The van der Waals surface area contributed by atoms with E-state index < -0.39 is 0 Å². The zero-order chi connectivity index (χ0) is 13.8. The van der Waals surface area contributed by atoms with Crippen LogP contribution in [-0.4, -0.2) is 40.8 Å². The summed E-state index contributed by atoms with van der Waals surface area (Å²) < 4.78 is 0. The predicted molar refractivity (Wildman–Crippen MR) is 72.0 cm³/mol. The first-order chi connectivity index (χ1) is 9.06. The van der Waals surface area contributed by atoms with Gasteiger partial charge in [0.05, 0.1) is 5.56 Å². The fourth-order valence-corrected chi connectivity index (χ4v) is 2.23. The van der Waals surface area contributed by atoms with Crippen LogP contribution in [-0.2, 0) is 4.79 Å². The van der Waals surface area contributed by atoms with Crippen molar-refractivity contribution in [2.75, 3.05) is 13.1 Å². The minimum Gasteiger partial charge on any atom is -0.349 e. The van der Waals surface area contributed by atoms with E-state index in [0.29, 0.717) is 23.8 Å². The van der Waals surface area contributed by atoms with Gasteiger partial charge in [-0.15, -0.1) is 0 Å². The maximum absolute atomic E-state index is 12.0. The van der Waals surface area contributed by atoms with E-state index in [4.69, 9.17) is 11.6 Å². The fraction of sp³-hybridized carbons (Fsp3) is 0.462. The number of halogens is 1. The van der Waals surface area contributed by atoms with Crippen molar-refractivity contribution in [2.45, 2.75) is 25.8 Å². The van der Waals surface area contributed by atoms with Crippen LogP contribution in [0.5, 0.6) is 0 Å². The molecule has 19 heavy (non-hydrogen) atoms. The molecule has 1 fully saturated rings. The molecule has 5 nitrogen and oxygen atoms in total. The Balaban J connectivity index is 1.87. The summed E-state index contributed by atoms with van der Waals surface area (Å²) in [5.41, 5.74) is 0.499. The van der Waals surface area contributed by atoms with Gasteiger partial charge in [0.1, 0.15) is 5.15 Å². The van der Waals surface area contributed by atoms with Crippen molar-refractivity contribution in [1.82, 2.24) is 15.2 Å². The Morgan fingerprint density at radius 2 is 2.05 bits per heavy atom. The molecule has 1 aliphatic rings. The lowest BCUT2D eigenvalue weighted by Crippen LogP contribution is -2.46. The number of carbonyl (C=O) groups excluding carboxylic acids is 2. The first-order valence-corrected chi connectivity index (χ1v) is 6.62. The maximum Gasteiger partial charge on any atom is 0.253 e. The van der Waals surface area contributed by atoms with Crippen LogP contribution in [0.2, 0.25) is 5.15 Å². The lowest BCUT2D eigenvalue weighted by atomic mass is 10.0. The summed E-state index contributed by atoms with van der Waals surface area (Å²) in [5.74, 6) is -0.0582. The van der Waals surface area contributed by atoms with E-state index in [-0.39, 0.29) is 17.9 Å². The van der Waals surface area contributed by atoms with Crippen LogP contribution in [0.3, 0.4) is 0 Å². The van der Waals surface area contributed by atoms with Gasteiger partial charge in [-0.2, -0.15) is 0 Å². The normalized spacial score (nSPS) is 16.2. The molecular formula is C13H16ClN3O2. The smallest absolute Gasteiger partial charge is 0.253 e. The molecule has 0 bridgehead atoms. The largest absolute Gasteiger partial charge is 0.349 e. The third kappa shape index (κ3) is 3.67. The Morgan fingerprint density at radius 3 is 2.58 bits per heavy atom. The van der Waals surface area contributed by atoms with Crippen molar-refractivity contribution < 1.29 is 9.59 Å². The summed E-state index contributed by atoms with van der Waals surface area (Å²) in [6, 6.07) is 3.35. The zero-order valence-corrected chi connectivity index (χ0v) is 11.5. The molecule has 2 rings (SSSR count). The summed E-state index contributed by atoms with van der Waals surface area (Å²) in [6.07, 6.45) is 3.03. The van der Waals surface area contributed by atoms with Crippen LogP contribution < -0.4 is 5.32 Å². The number of carbonyl (C=O) groups is 2. The van der Waals surface area contributed by atoms with Gasteiger partial charge in [0.25, 0.3) is 5.91 Å². The molecule has 0 aromatic carbocycles. The van der Waals surface area contributed by atoms with Gasteiger partial charge in [0.15, 0.2) is 0 Å². The van der Waals surface area contributed by atoms with Crippen molar-refractivity contribution >= 4 is 23.4 Å². The second-order valence-corrected chi connectivity index (χ2v) is 5.01. The third-order valence-electron chi connectivity index (χ3n) is 3.27. The van der Waals surface area contributed by atoms with Gasteiger partial charge >= 0.3 is 0 Å². The average Bonchev–Trinajstić information content (AvgIpc) is 2.40. The predicted octanol–water partition coefficient (Wildman–Crippen LogP) is 1.48. The number of rotatable bonds is 2. The number of hydrogen-bond acceptors (Lipinski definition) is 3. The van der Waals surface area contributed by atoms with Crippen molar-refractivity contribution in [1.29, 1.82) is 0 Å². The lowest BCUT2D eigenvalue weighted by Gasteiger charge is -2.31. The highest BCUT2D eigenvalue weighted by Gasteiger charge is 2.22. The number of likely N-dealkylation sites (tertiary alicyclic amines) is 1. The summed E-state index contributed by atoms with van der Waals surface area (Å²) >= 11 is 5.67.